The third-order valence-electron chi connectivity index (χ3n) is 4.37. The van der Waals surface area contributed by atoms with E-state index in [0.717, 1.165) is 24.1 Å². The van der Waals surface area contributed by atoms with Gasteiger partial charge in [0.05, 0.1) is 6.42 Å². The molecule has 0 radical (unpaired) electrons. The van der Waals surface area contributed by atoms with Crippen molar-refractivity contribution in [1.29, 1.82) is 0 Å². The number of hydrogen-bond acceptors (Lipinski definition) is 2. The standard InChI is InChI=1S/C20H21FN2O2/c21-18-5-2-1-4-17(18)12-19(24)22-13-15-7-9-16(10-8-15)14-23-11-3-6-20(23)25/h1-2,4-5,7-10H,3,6,11-14H2,(H,22,24). The van der Waals surface area contributed by atoms with Crippen molar-refractivity contribution >= 4 is 11.8 Å². The zero-order valence-electron chi connectivity index (χ0n) is 14.0. The van der Waals surface area contributed by atoms with E-state index in [0.29, 0.717) is 25.1 Å². The van der Waals surface area contributed by atoms with Gasteiger partial charge in [0.1, 0.15) is 5.82 Å². The molecule has 0 aromatic heterocycles. The summed E-state index contributed by atoms with van der Waals surface area (Å²) < 4.78 is 13.5. The van der Waals surface area contributed by atoms with Crippen molar-refractivity contribution in [2.45, 2.75) is 32.4 Å². The number of rotatable bonds is 6. The molecule has 25 heavy (non-hydrogen) atoms. The summed E-state index contributed by atoms with van der Waals surface area (Å²) in [6.45, 7) is 1.86. The van der Waals surface area contributed by atoms with E-state index >= 15 is 0 Å². The molecule has 1 saturated heterocycles. The molecule has 0 unspecified atom stereocenters. The second kappa shape index (κ2) is 7.92. The summed E-state index contributed by atoms with van der Waals surface area (Å²) in [6, 6.07) is 14.1. The molecule has 1 aliphatic rings. The summed E-state index contributed by atoms with van der Waals surface area (Å²) in [6.07, 6.45) is 1.61. The maximum Gasteiger partial charge on any atom is 0.224 e. The number of nitrogens with one attached hydrogen (secondary N) is 1. The van der Waals surface area contributed by atoms with Crippen LogP contribution in [0.15, 0.2) is 48.5 Å². The van der Waals surface area contributed by atoms with Gasteiger partial charge < -0.3 is 10.2 Å². The molecule has 2 aromatic rings. The van der Waals surface area contributed by atoms with Crippen LogP contribution in [-0.4, -0.2) is 23.3 Å². The first-order valence-electron chi connectivity index (χ1n) is 8.47. The van der Waals surface area contributed by atoms with Crippen LogP contribution in [-0.2, 0) is 29.1 Å². The number of carbonyl (C=O) groups excluding carboxylic acids is 2. The number of benzene rings is 2. The summed E-state index contributed by atoms with van der Waals surface area (Å²) in [7, 11) is 0. The summed E-state index contributed by atoms with van der Waals surface area (Å²) in [5.74, 6) is -0.361. The molecule has 0 aliphatic carbocycles. The fraction of sp³-hybridized carbons (Fsp3) is 0.300. The number of halogens is 1. The first kappa shape index (κ1) is 17.1. The van der Waals surface area contributed by atoms with Gasteiger partial charge in [0, 0.05) is 26.1 Å². The lowest BCUT2D eigenvalue weighted by Gasteiger charge is -2.15. The second-order valence-electron chi connectivity index (χ2n) is 6.28. The summed E-state index contributed by atoms with van der Waals surface area (Å²) >= 11 is 0. The fourth-order valence-corrected chi connectivity index (χ4v) is 2.93. The number of carbonyl (C=O) groups is 2. The Hall–Kier alpha value is -2.69. The van der Waals surface area contributed by atoms with Crippen LogP contribution in [0.25, 0.3) is 0 Å². The predicted molar refractivity (Wildman–Crippen MR) is 93.0 cm³/mol. The highest BCUT2D eigenvalue weighted by Gasteiger charge is 2.19. The summed E-state index contributed by atoms with van der Waals surface area (Å²) in [4.78, 5) is 25.5. The molecule has 1 heterocycles. The first-order chi connectivity index (χ1) is 12.1. The molecule has 130 valence electrons. The Morgan fingerprint density at radius 2 is 1.80 bits per heavy atom. The molecule has 2 aromatic carbocycles. The summed E-state index contributed by atoms with van der Waals surface area (Å²) in [5.41, 5.74) is 2.45. The van der Waals surface area contributed by atoms with Crippen molar-refractivity contribution in [1.82, 2.24) is 10.2 Å². The fourth-order valence-electron chi connectivity index (χ4n) is 2.93. The van der Waals surface area contributed by atoms with Gasteiger partial charge in [0.2, 0.25) is 11.8 Å². The maximum absolute atomic E-state index is 13.5. The van der Waals surface area contributed by atoms with Gasteiger partial charge >= 0.3 is 0 Å². The van der Waals surface area contributed by atoms with E-state index in [9.17, 15) is 14.0 Å². The number of nitrogens with zero attached hydrogens (tertiary/aromatic N) is 1. The number of hydrogen-bond donors (Lipinski definition) is 1. The zero-order chi connectivity index (χ0) is 17.6. The molecular weight excluding hydrogens is 319 g/mol. The maximum atomic E-state index is 13.5. The number of amides is 2. The molecule has 2 amide bonds. The van der Waals surface area contributed by atoms with Gasteiger partial charge in [0.15, 0.2) is 0 Å². The Morgan fingerprint density at radius 1 is 1.08 bits per heavy atom. The molecule has 1 fully saturated rings. The van der Waals surface area contributed by atoms with Crippen molar-refractivity contribution < 1.29 is 14.0 Å². The third kappa shape index (κ3) is 4.66. The van der Waals surface area contributed by atoms with Crippen molar-refractivity contribution in [2.24, 2.45) is 0 Å². The predicted octanol–water partition coefficient (Wildman–Crippen LogP) is 2.81. The van der Waals surface area contributed by atoms with E-state index in [-0.39, 0.29) is 24.1 Å². The zero-order valence-corrected chi connectivity index (χ0v) is 14.0. The van der Waals surface area contributed by atoms with E-state index in [1.54, 1.807) is 18.2 Å². The van der Waals surface area contributed by atoms with Gasteiger partial charge in [-0.1, -0.05) is 42.5 Å². The molecular formula is C20H21FN2O2. The van der Waals surface area contributed by atoms with Crippen LogP contribution in [0.5, 0.6) is 0 Å². The van der Waals surface area contributed by atoms with Gasteiger partial charge in [-0.15, -0.1) is 0 Å². The Balaban J connectivity index is 1.49. The topological polar surface area (TPSA) is 49.4 Å². The lowest BCUT2D eigenvalue weighted by Crippen LogP contribution is -2.25. The van der Waals surface area contributed by atoms with E-state index in [2.05, 4.69) is 5.32 Å². The van der Waals surface area contributed by atoms with Crippen molar-refractivity contribution in [3.8, 4) is 0 Å². The van der Waals surface area contributed by atoms with Crippen LogP contribution in [0.1, 0.15) is 29.5 Å². The molecule has 0 saturated carbocycles. The Bertz CT molecular complexity index is 759. The Labute approximate surface area is 146 Å². The second-order valence-corrected chi connectivity index (χ2v) is 6.28. The molecule has 1 N–H and O–H groups in total. The van der Waals surface area contributed by atoms with Gasteiger partial charge in [-0.3, -0.25) is 9.59 Å². The normalized spacial score (nSPS) is 14.0. The largest absolute Gasteiger partial charge is 0.352 e. The van der Waals surface area contributed by atoms with Gasteiger partial charge in [-0.05, 0) is 29.2 Å². The third-order valence-corrected chi connectivity index (χ3v) is 4.37. The molecule has 0 spiro atoms. The lowest BCUT2D eigenvalue weighted by molar-refractivity contribution is -0.128. The quantitative estimate of drug-likeness (QED) is 0.879. The van der Waals surface area contributed by atoms with Gasteiger partial charge in [-0.25, -0.2) is 4.39 Å². The molecule has 3 rings (SSSR count). The van der Waals surface area contributed by atoms with Gasteiger partial charge in [-0.2, -0.15) is 0 Å². The Morgan fingerprint density at radius 3 is 2.48 bits per heavy atom. The van der Waals surface area contributed by atoms with Crippen LogP contribution in [0.3, 0.4) is 0 Å². The van der Waals surface area contributed by atoms with E-state index in [1.807, 2.05) is 29.2 Å². The van der Waals surface area contributed by atoms with E-state index < -0.39 is 0 Å². The molecule has 5 heteroatoms. The van der Waals surface area contributed by atoms with Crippen molar-refractivity contribution in [3.05, 3.63) is 71.0 Å². The van der Waals surface area contributed by atoms with E-state index in [1.165, 1.54) is 6.07 Å². The first-order valence-corrected chi connectivity index (χ1v) is 8.47. The minimum atomic E-state index is -0.363. The monoisotopic (exact) mass is 340 g/mol. The lowest BCUT2D eigenvalue weighted by atomic mass is 10.1. The van der Waals surface area contributed by atoms with Crippen LogP contribution >= 0.6 is 0 Å². The molecule has 0 bridgehead atoms. The molecule has 0 atom stereocenters. The smallest absolute Gasteiger partial charge is 0.224 e. The SMILES string of the molecule is O=C(Cc1ccccc1F)NCc1ccc(CN2CCCC2=O)cc1. The Kier molecular flexibility index (Phi) is 5.43. The average molecular weight is 340 g/mol. The average Bonchev–Trinajstić information content (AvgIpc) is 3.01. The molecule has 4 nitrogen and oxygen atoms in total. The highest BCUT2D eigenvalue weighted by Crippen LogP contribution is 2.15. The minimum Gasteiger partial charge on any atom is -0.352 e. The highest BCUT2D eigenvalue weighted by atomic mass is 19.1. The number of likely N-dealkylation sites (tertiary alicyclic amines) is 1. The summed E-state index contributed by atoms with van der Waals surface area (Å²) in [5, 5.41) is 2.80. The van der Waals surface area contributed by atoms with E-state index in [4.69, 9.17) is 0 Å². The van der Waals surface area contributed by atoms with Crippen LogP contribution < -0.4 is 5.32 Å². The van der Waals surface area contributed by atoms with Crippen LogP contribution in [0.4, 0.5) is 4.39 Å². The van der Waals surface area contributed by atoms with Crippen LogP contribution in [0.2, 0.25) is 0 Å². The van der Waals surface area contributed by atoms with Crippen LogP contribution in [0, 0.1) is 5.82 Å². The minimum absolute atomic E-state index is 0.0296. The van der Waals surface area contributed by atoms with Crippen molar-refractivity contribution in [3.63, 3.8) is 0 Å². The van der Waals surface area contributed by atoms with Crippen molar-refractivity contribution in [2.75, 3.05) is 6.54 Å². The molecule has 1 aliphatic heterocycles. The van der Waals surface area contributed by atoms with Gasteiger partial charge in [0.25, 0.3) is 0 Å². The highest BCUT2D eigenvalue weighted by molar-refractivity contribution is 5.78.